The SMILES string of the molecule is CC(C)(F)CN1CCC(CCc2ccc(-c3ccc(C(=O)N4CCCCC4)c(F)c3)nn2)CC1. The lowest BCUT2D eigenvalue weighted by Crippen LogP contribution is -2.41. The van der Waals surface area contributed by atoms with Crippen molar-refractivity contribution in [1.29, 1.82) is 0 Å². The maximum atomic E-state index is 14.7. The summed E-state index contributed by atoms with van der Waals surface area (Å²) in [5.41, 5.74) is 1.12. The minimum Gasteiger partial charge on any atom is -0.339 e. The number of hydrogen-bond donors (Lipinski definition) is 0. The third kappa shape index (κ3) is 6.59. The Bertz CT molecular complexity index is 960. The number of piperidine rings is 2. The van der Waals surface area contributed by atoms with Crippen molar-refractivity contribution in [3.63, 3.8) is 0 Å². The van der Waals surface area contributed by atoms with Crippen molar-refractivity contribution in [2.45, 2.75) is 64.5 Å². The number of amides is 1. The predicted molar refractivity (Wildman–Crippen MR) is 130 cm³/mol. The van der Waals surface area contributed by atoms with Crippen molar-refractivity contribution >= 4 is 5.91 Å². The van der Waals surface area contributed by atoms with Crippen LogP contribution in [0.15, 0.2) is 30.3 Å². The Balaban J connectivity index is 1.30. The number of aryl methyl sites for hydroxylation is 1. The van der Waals surface area contributed by atoms with Gasteiger partial charge in [0.2, 0.25) is 0 Å². The topological polar surface area (TPSA) is 49.3 Å². The molecule has 5 nitrogen and oxygen atoms in total. The Hall–Kier alpha value is -2.41. The molecule has 4 rings (SSSR count). The smallest absolute Gasteiger partial charge is 0.256 e. The van der Waals surface area contributed by atoms with E-state index < -0.39 is 11.5 Å². The molecule has 3 heterocycles. The van der Waals surface area contributed by atoms with E-state index in [2.05, 4.69) is 15.1 Å². The molecule has 2 aliphatic heterocycles. The van der Waals surface area contributed by atoms with Crippen LogP contribution in [0.3, 0.4) is 0 Å². The second kappa shape index (κ2) is 10.9. The Morgan fingerprint density at radius 3 is 2.38 bits per heavy atom. The lowest BCUT2D eigenvalue weighted by atomic mass is 9.91. The van der Waals surface area contributed by atoms with E-state index in [4.69, 9.17) is 0 Å². The summed E-state index contributed by atoms with van der Waals surface area (Å²) in [6.45, 7) is 7.07. The van der Waals surface area contributed by atoms with Gasteiger partial charge < -0.3 is 9.80 Å². The van der Waals surface area contributed by atoms with Gasteiger partial charge in [0.15, 0.2) is 0 Å². The van der Waals surface area contributed by atoms with Crippen LogP contribution in [0.1, 0.15) is 68.4 Å². The monoisotopic (exact) mass is 470 g/mol. The Morgan fingerprint density at radius 2 is 1.76 bits per heavy atom. The van der Waals surface area contributed by atoms with Gasteiger partial charge in [-0.3, -0.25) is 4.79 Å². The number of hydrogen-bond acceptors (Lipinski definition) is 4. The van der Waals surface area contributed by atoms with Crippen LogP contribution in [-0.2, 0) is 6.42 Å². The molecule has 2 saturated heterocycles. The number of alkyl halides is 1. The van der Waals surface area contributed by atoms with Crippen molar-refractivity contribution in [2.24, 2.45) is 5.92 Å². The maximum absolute atomic E-state index is 14.7. The van der Waals surface area contributed by atoms with Crippen molar-refractivity contribution in [2.75, 3.05) is 32.7 Å². The minimum absolute atomic E-state index is 0.122. The molecule has 0 spiro atoms. The summed E-state index contributed by atoms with van der Waals surface area (Å²) >= 11 is 0. The number of carbonyl (C=O) groups excluding carboxylic acids is 1. The quantitative estimate of drug-likeness (QED) is 0.551. The van der Waals surface area contributed by atoms with E-state index in [0.717, 1.165) is 63.7 Å². The lowest BCUT2D eigenvalue weighted by molar-refractivity contribution is 0.0719. The Labute approximate surface area is 201 Å². The van der Waals surface area contributed by atoms with E-state index in [-0.39, 0.29) is 11.5 Å². The zero-order valence-corrected chi connectivity index (χ0v) is 20.4. The standard InChI is InChI=1S/C27H36F2N4O/c1-27(2,29)19-32-16-12-20(13-17-32)6-8-22-9-11-25(31-30-22)21-7-10-23(24(28)18-21)26(34)33-14-4-3-5-15-33/h7,9-11,18,20H,3-6,8,12-17,19H2,1-2H3. The van der Waals surface area contributed by atoms with E-state index in [1.54, 1.807) is 30.9 Å². The average Bonchev–Trinajstić information content (AvgIpc) is 2.83. The van der Waals surface area contributed by atoms with Gasteiger partial charge >= 0.3 is 0 Å². The van der Waals surface area contributed by atoms with E-state index in [1.165, 1.54) is 6.07 Å². The van der Waals surface area contributed by atoms with Crippen molar-refractivity contribution in [1.82, 2.24) is 20.0 Å². The molecule has 7 heteroatoms. The Kier molecular flexibility index (Phi) is 7.91. The van der Waals surface area contributed by atoms with Crippen LogP contribution in [0.4, 0.5) is 8.78 Å². The Morgan fingerprint density at radius 1 is 1.03 bits per heavy atom. The number of rotatable bonds is 7. The summed E-state index contributed by atoms with van der Waals surface area (Å²) < 4.78 is 28.6. The summed E-state index contributed by atoms with van der Waals surface area (Å²) in [6, 6.07) is 8.51. The average molecular weight is 471 g/mol. The van der Waals surface area contributed by atoms with Gasteiger partial charge in [0.25, 0.3) is 5.91 Å². The van der Waals surface area contributed by atoms with E-state index in [0.29, 0.717) is 36.8 Å². The van der Waals surface area contributed by atoms with Crippen LogP contribution in [0.2, 0.25) is 0 Å². The molecule has 0 N–H and O–H groups in total. The molecule has 0 saturated carbocycles. The molecule has 2 aromatic rings. The highest BCUT2D eigenvalue weighted by Gasteiger charge is 2.25. The van der Waals surface area contributed by atoms with Crippen molar-refractivity contribution < 1.29 is 13.6 Å². The molecule has 184 valence electrons. The number of aromatic nitrogens is 2. The molecular weight excluding hydrogens is 434 g/mol. The molecule has 2 fully saturated rings. The molecule has 0 bridgehead atoms. The number of likely N-dealkylation sites (tertiary alicyclic amines) is 2. The summed E-state index contributed by atoms with van der Waals surface area (Å²) in [5, 5.41) is 8.66. The van der Waals surface area contributed by atoms with Gasteiger partial charge in [-0.05, 0) is 102 Å². The molecule has 0 atom stereocenters. The highest BCUT2D eigenvalue weighted by molar-refractivity contribution is 5.95. The number of carbonyl (C=O) groups is 1. The lowest BCUT2D eigenvalue weighted by Gasteiger charge is -2.34. The van der Waals surface area contributed by atoms with Crippen molar-refractivity contribution in [3.05, 3.63) is 47.4 Å². The second-order valence-electron chi connectivity index (χ2n) is 10.4. The van der Waals surface area contributed by atoms with Gasteiger partial charge in [-0.25, -0.2) is 8.78 Å². The fourth-order valence-electron chi connectivity index (χ4n) is 5.08. The third-order valence-corrected chi connectivity index (χ3v) is 6.97. The first kappa shape index (κ1) is 24.7. The van der Waals surface area contributed by atoms with E-state index in [9.17, 15) is 13.6 Å². The van der Waals surface area contributed by atoms with Crippen LogP contribution in [-0.4, -0.2) is 64.3 Å². The maximum Gasteiger partial charge on any atom is 0.256 e. The molecule has 0 unspecified atom stereocenters. The normalized spacial score (nSPS) is 18.3. The van der Waals surface area contributed by atoms with Gasteiger partial charge in [-0.2, -0.15) is 10.2 Å². The van der Waals surface area contributed by atoms with Crippen LogP contribution >= 0.6 is 0 Å². The van der Waals surface area contributed by atoms with Gasteiger partial charge in [0.05, 0.1) is 17.0 Å². The fraction of sp³-hybridized carbons (Fsp3) is 0.593. The van der Waals surface area contributed by atoms with Crippen molar-refractivity contribution in [3.8, 4) is 11.3 Å². The van der Waals surface area contributed by atoms with Gasteiger partial charge in [0.1, 0.15) is 11.5 Å². The molecule has 2 aliphatic rings. The van der Waals surface area contributed by atoms with Crippen LogP contribution in [0.25, 0.3) is 11.3 Å². The summed E-state index contributed by atoms with van der Waals surface area (Å²) in [7, 11) is 0. The summed E-state index contributed by atoms with van der Waals surface area (Å²) in [6.07, 6.45) is 7.14. The number of halogens is 2. The van der Waals surface area contributed by atoms with E-state index in [1.807, 2.05) is 12.1 Å². The van der Waals surface area contributed by atoms with Gasteiger partial charge in [-0.15, -0.1) is 0 Å². The zero-order valence-electron chi connectivity index (χ0n) is 20.4. The first-order chi connectivity index (χ1) is 16.3. The molecule has 1 amide bonds. The van der Waals surface area contributed by atoms with Gasteiger partial charge in [-0.1, -0.05) is 6.07 Å². The predicted octanol–water partition coefficient (Wildman–Crippen LogP) is 5.30. The highest BCUT2D eigenvalue weighted by atomic mass is 19.1. The first-order valence-corrected chi connectivity index (χ1v) is 12.6. The molecule has 1 aromatic heterocycles. The molecular formula is C27H36F2N4O. The zero-order chi connectivity index (χ0) is 24.1. The van der Waals surface area contributed by atoms with Crippen LogP contribution in [0.5, 0.6) is 0 Å². The fourth-order valence-corrected chi connectivity index (χ4v) is 5.08. The molecule has 0 radical (unpaired) electrons. The van der Waals surface area contributed by atoms with E-state index >= 15 is 0 Å². The second-order valence-corrected chi connectivity index (χ2v) is 10.4. The largest absolute Gasteiger partial charge is 0.339 e. The third-order valence-electron chi connectivity index (χ3n) is 6.97. The van der Waals surface area contributed by atoms with Crippen LogP contribution in [0, 0.1) is 11.7 Å². The summed E-state index contributed by atoms with van der Waals surface area (Å²) in [4.78, 5) is 16.6. The highest BCUT2D eigenvalue weighted by Crippen LogP contribution is 2.25. The number of nitrogens with zero attached hydrogens (tertiary/aromatic N) is 4. The molecule has 1 aromatic carbocycles. The summed E-state index contributed by atoms with van der Waals surface area (Å²) in [5.74, 6) is -0.120. The van der Waals surface area contributed by atoms with Gasteiger partial charge in [0, 0.05) is 25.2 Å². The first-order valence-electron chi connectivity index (χ1n) is 12.6. The van der Waals surface area contributed by atoms with Crippen LogP contribution < -0.4 is 0 Å². The minimum atomic E-state index is -1.14. The number of benzene rings is 1. The molecule has 0 aliphatic carbocycles. The molecule has 34 heavy (non-hydrogen) atoms.